The molecule has 0 amide bonds. The van der Waals surface area contributed by atoms with Gasteiger partial charge in [-0.15, -0.1) is 0 Å². The number of nitrogens with zero attached hydrogens (tertiary/aromatic N) is 8. The van der Waals surface area contributed by atoms with Crippen LogP contribution in [-0.2, 0) is 0 Å². The van der Waals surface area contributed by atoms with Crippen LogP contribution in [0.4, 0.5) is 0 Å². The van der Waals surface area contributed by atoms with Crippen LogP contribution >= 0.6 is 0 Å². The van der Waals surface area contributed by atoms with E-state index in [2.05, 4.69) is 278 Å². The molecule has 0 N–H and O–H groups in total. The molecular weight excluding hydrogens is 941 g/mol. The number of para-hydroxylation sites is 8. The predicted octanol–water partition coefficient (Wildman–Crippen LogP) is 17.0. The molecule has 0 aliphatic heterocycles. The summed E-state index contributed by atoms with van der Waals surface area (Å²) in [5, 5.41) is 11.8. The summed E-state index contributed by atoms with van der Waals surface area (Å²) in [7, 11) is 0. The maximum Gasteiger partial charge on any atom is 0.240 e. The standard InChI is InChI=1S/C69H42N8/c1-9-25-57-47(17-1)48-18-2-10-26-58(48)74(57)45-37-39-65-55(41-45)56-42-46(75-59-27-11-3-19-49(59)50-20-4-12-28-60(50)75)38-40-66(56)73(65)44-35-33-43(34-36-44)67-70-68(76-61-29-13-5-21-51(61)52-22-6-14-30-62(52)76)72-69(71-67)77-63-31-15-7-23-53(63)54-24-8-16-32-64(54)77/h1-42H. The topological polar surface area (TPSA) is 63.3 Å². The molecule has 0 saturated heterocycles. The maximum atomic E-state index is 5.38. The smallest absolute Gasteiger partial charge is 0.240 e. The summed E-state index contributed by atoms with van der Waals surface area (Å²) in [6, 6.07) is 91.6. The van der Waals surface area contributed by atoms with Gasteiger partial charge in [-0.3, -0.25) is 9.13 Å². The first-order chi connectivity index (χ1) is 38.2. The lowest BCUT2D eigenvalue weighted by atomic mass is 10.1. The van der Waals surface area contributed by atoms with Crippen LogP contribution in [0.3, 0.4) is 0 Å². The Morgan fingerprint density at radius 3 is 0.753 bits per heavy atom. The molecule has 0 bridgehead atoms. The highest BCUT2D eigenvalue weighted by atomic mass is 15.3. The first-order valence-electron chi connectivity index (χ1n) is 26.1. The van der Waals surface area contributed by atoms with Gasteiger partial charge in [-0.25, -0.2) is 0 Å². The second-order valence-electron chi connectivity index (χ2n) is 20.0. The Morgan fingerprint density at radius 2 is 0.442 bits per heavy atom. The van der Waals surface area contributed by atoms with E-state index < -0.39 is 0 Å². The second kappa shape index (κ2) is 16.0. The third-order valence-electron chi connectivity index (χ3n) is 16.0. The largest absolute Gasteiger partial charge is 0.309 e. The first kappa shape index (κ1) is 41.9. The van der Waals surface area contributed by atoms with Crippen molar-refractivity contribution in [1.29, 1.82) is 0 Å². The van der Waals surface area contributed by atoms with E-state index in [-0.39, 0.29) is 0 Å². The molecule has 0 atom stereocenters. The number of rotatable bonds is 6. The van der Waals surface area contributed by atoms with E-state index in [1.807, 2.05) is 0 Å². The van der Waals surface area contributed by atoms with Crippen LogP contribution in [0.2, 0.25) is 0 Å². The summed E-state index contributed by atoms with van der Waals surface area (Å²) in [6.45, 7) is 0. The van der Waals surface area contributed by atoms with E-state index in [0.29, 0.717) is 17.7 Å². The SMILES string of the molecule is c1ccc2c(c1)c1ccccc1n2-c1ccc2c(c1)c1cc(-n3c4ccccc4c4ccccc43)ccc1n2-c1ccc(-c2nc(-n3c4ccccc4c4ccccc43)nc(-n3c4ccccc4c4ccccc43)n2)cc1. The van der Waals surface area contributed by atoms with E-state index in [9.17, 15) is 0 Å². The molecule has 358 valence electrons. The molecule has 17 rings (SSSR count). The van der Waals surface area contributed by atoms with Gasteiger partial charge >= 0.3 is 0 Å². The van der Waals surface area contributed by atoms with Crippen LogP contribution in [0.1, 0.15) is 0 Å². The van der Waals surface area contributed by atoms with Crippen LogP contribution < -0.4 is 0 Å². The lowest BCUT2D eigenvalue weighted by molar-refractivity contribution is 0.893. The molecule has 8 nitrogen and oxygen atoms in total. The summed E-state index contributed by atoms with van der Waals surface area (Å²) in [6.07, 6.45) is 0. The fourth-order valence-corrected chi connectivity index (χ4v) is 12.7. The average Bonchev–Trinajstić information content (AvgIpc) is 4.35. The fourth-order valence-electron chi connectivity index (χ4n) is 12.7. The molecule has 0 aliphatic rings. The zero-order chi connectivity index (χ0) is 50.3. The maximum absolute atomic E-state index is 5.38. The van der Waals surface area contributed by atoms with Crippen molar-refractivity contribution in [2.75, 3.05) is 0 Å². The lowest BCUT2D eigenvalue weighted by Crippen LogP contribution is -2.10. The Hall–Kier alpha value is -10.6. The molecular formula is C69H42N8. The van der Waals surface area contributed by atoms with Crippen molar-refractivity contribution in [3.63, 3.8) is 0 Å². The van der Waals surface area contributed by atoms with Gasteiger partial charge in [-0.05, 0) is 109 Å². The summed E-state index contributed by atoms with van der Waals surface area (Å²) in [4.78, 5) is 16.1. The van der Waals surface area contributed by atoms with Crippen LogP contribution in [0.5, 0.6) is 0 Å². The highest BCUT2D eigenvalue weighted by molar-refractivity contribution is 6.15. The molecule has 0 spiro atoms. The Kier molecular flexibility index (Phi) is 8.68. The molecule has 0 radical (unpaired) electrons. The predicted molar refractivity (Wildman–Crippen MR) is 317 cm³/mol. The van der Waals surface area contributed by atoms with Gasteiger partial charge in [0, 0.05) is 76.5 Å². The number of fused-ring (bicyclic) bond motifs is 15. The van der Waals surface area contributed by atoms with E-state index in [0.717, 1.165) is 88.0 Å². The van der Waals surface area contributed by atoms with Gasteiger partial charge in [0.05, 0.1) is 55.2 Å². The zero-order valence-electron chi connectivity index (χ0n) is 41.3. The van der Waals surface area contributed by atoms with Gasteiger partial charge in [0.15, 0.2) is 5.82 Å². The van der Waals surface area contributed by atoms with Crippen molar-refractivity contribution in [3.05, 3.63) is 255 Å². The van der Waals surface area contributed by atoms with Crippen molar-refractivity contribution in [3.8, 4) is 40.3 Å². The van der Waals surface area contributed by atoms with Crippen molar-refractivity contribution in [1.82, 2.24) is 37.8 Å². The Morgan fingerprint density at radius 1 is 0.195 bits per heavy atom. The monoisotopic (exact) mass is 982 g/mol. The van der Waals surface area contributed by atoms with E-state index >= 15 is 0 Å². The zero-order valence-corrected chi connectivity index (χ0v) is 41.3. The Bertz CT molecular complexity index is 4780. The fraction of sp³-hybridized carbons (Fsp3) is 0. The minimum atomic E-state index is 0.550. The van der Waals surface area contributed by atoms with Crippen LogP contribution in [0, 0.1) is 0 Å². The van der Waals surface area contributed by atoms with Crippen LogP contribution in [-0.4, -0.2) is 37.8 Å². The minimum absolute atomic E-state index is 0.550. The highest BCUT2D eigenvalue weighted by Gasteiger charge is 2.23. The molecule has 11 aromatic carbocycles. The van der Waals surface area contributed by atoms with Crippen molar-refractivity contribution in [2.45, 2.75) is 0 Å². The molecule has 0 aliphatic carbocycles. The third-order valence-corrected chi connectivity index (χ3v) is 16.0. The summed E-state index contributed by atoms with van der Waals surface area (Å²) in [5.74, 6) is 1.68. The molecule has 0 saturated carbocycles. The van der Waals surface area contributed by atoms with Gasteiger partial charge in [0.1, 0.15) is 0 Å². The molecule has 8 heteroatoms. The van der Waals surface area contributed by atoms with Crippen molar-refractivity contribution < 1.29 is 0 Å². The van der Waals surface area contributed by atoms with Crippen LogP contribution in [0.25, 0.3) is 149 Å². The minimum Gasteiger partial charge on any atom is -0.309 e. The van der Waals surface area contributed by atoms with Gasteiger partial charge in [0.2, 0.25) is 11.9 Å². The number of aromatic nitrogens is 8. The molecule has 17 aromatic rings. The van der Waals surface area contributed by atoms with Crippen LogP contribution in [0.15, 0.2) is 255 Å². The molecule has 77 heavy (non-hydrogen) atoms. The van der Waals surface area contributed by atoms with E-state index in [1.54, 1.807) is 0 Å². The van der Waals surface area contributed by atoms with Crippen molar-refractivity contribution in [2.24, 2.45) is 0 Å². The van der Waals surface area contributed by atoms with Gasteiger partial charge in [-0.2, -0.15) is 15.0 Å². The molecule has 0 fully saturated rings. The molecule has 0 unspecified atom stereocenters. The normalized spacial score (nSPS) is 12.2. The van der Waals surface area contributed by atoms with Gasteiger partial charge in [0.25, 0.3) is 0 Å². The van der Waals surface area contributed by atoms with Crippen molar-refractivity contribution >= 4 is 109 Å². The van der Waals surface area contributed by atoms with E-state index in [4.69, 9.17) is 15.0 Å². The molecule has 6 heterocycles. The summed E-state index contributed by atoms with van der Waals surface area (Å²) < 4.78 is 11.6. The quantitative estimate of drug-likeness (QED) is 0.167. The van der Waals surface area contributed by atoms with Gasteiger partial charge < -0.3 is 13.7 Å². The number of hydrogen-bond acceptors (Lipinski definition) is 3. The third kappa shape index (κ3) is 6.00. The Balaban J connectivity index is 0.883. The first-order valence-corrected chi connectivity index (χ1v) is 26.1. The second-order valence-corrected chi connectivity index (χ2v) is 20.0. The average molecular weight is 983 g/mol. The van der Waals surface area contributed by atoms with E-state index in [1.165, 1.54) is 43.6 Å². The molecule has 6 aromatic heterocycles. The summed E-state index contributed by atoms with van der Waals surface area (Å²) >= 11 is 0. The Labute approximate surface area is 439 Å². The highest BCUT2D eigenvalue weighted by Crippen LogP contribution is 2.41. The van der Waals surface area contributed by atoms with Gasteiger partial charge in [-0.1, -0.05) is 146 Å². The number of hydrogen-bond donors (Lipinski definition) is 0. The summed E-state index contributed by atoms with van der Waals surface area (Å²) in [5.41, 5.74) is 15.2. The lowest BCUT2D eigenvalue weighted by Gasteiger charge is -2.13. The number of benzene rings is 11.